The Morgan fingerprint density at radius 2 is 2.00 bits per heavy atom. The van der Waals surface area contributed by atoms with Gasteiger partial charge in [-0.05, 0) is 39.8 Å². The standard InChI is InChI=1S/C17H20ClN3O3S/c1-8(2)19-17-21-14(10(4)25-17)16(23)20-15-11(9(3)22)6-7-12(24-5)13(15)18/h6-8H,1-5H3,(H,19,21)(H,20,23). The quantitative estimate of drug-likeness (QED) is 0.725. The van der Waals surface area contributed by atoms with E-state index in [1.165, 1.54) is 25.4 Å². The van der Waals surface area contributed by atoms with Crippen LogP contribution < -0.4 is 15.4 Å². The third-order valence-corrected chi connectivity index (χ3v) is 4.65. The number of aryl methyl sites for hydroxylation is 1. The van der Waals surface area contributed by atoms with Gasteiger partial charge in [-0.25, -0.2) is 4.98 Å². The third-order valence-electron chi connectivity index (χ3n) is 3.37. The molecule has 0 saturated carbocycles. The maximum atomic E-state index is 12.7. The van der Waals surface area contributed by atoms with Crippen LogP contribution in [0.25, 0.3) is 0 Å². The van der Waals surface area contributed by atoms with Gasteiger partial charge in [-0.1, -0.05) is 11.6 Å². The van der Waals surface area contributed by atoms with Gasteiger partial charge >= 0.3 is 0 Å². The van der Waals surface area contributed by atoms with E-state index in [0.717, 1.165) is 4.88 Å². The molecule has 1 amide bonds. The minimum absolute atomic E-state index is 0.178. The minimum atomic E-state index is -0.428. The number of carbonyl (C=O) groups is 2. The molecule has 0 spiro atoms. The lowest BCUT2D eigenvalue weighted by atomic mass is 10.1. The van der Waals surface area contributed by atoms with Crippen molar-refractivity contribution >= 4 is 45.4 Å². The van der Waals surface area contributed by atoms with Gasteiger partial charge in [0.15, 0.2) is 10.9 Å². The Hall–Kier alpha value is -2.12. The molecule has 0 atom stereocenters. The zero-order valence-electron chi connectivity index (χ0n) is 14.7. The summed E-state index contributed by atoms with van der Waals surface area (Å²) in [4.78, 5) is 29.6. The number of carbonyl (C=O) groups excluding carboxylic acids is 2. The van der Waals surface area contributed by atoms with Gasteiger partial charge in [0.1, 0.15) is 16.5 Å². The number of aromatic nitrogens is 1. The molecule has 1 heterocycles. The summed E-state index contributed by atoms with van der Waals surface area (Å²) in [5.41, 5.74) is 0.832. The molecule has 0 fully saturated rings. The lowest BCUT2D eigenvalue weighted by Crippen LogP contribution is -2.17. The Labute approximate surface area is 155 Å². The number of rotatable bonds is 6. The highest BCUT2D eigenvalue weighted by atomic mass is 35.5. The monoisotopic (exact) mass is 381 g/mol. The van der Waals surface area contributed by atoms with Crippen molar-refractivity contribution in [2.45, 2.75) is 33.7 Å². The molecule has 0 aliphatic rings. The highest BCUT2D eigenvalue weighted by Gasteiger charge is 2.21. The summed E-state index contributed by atoms with van der Waals surface area (Å²) in [7, 11) is 1.47. The number of hydrogen-bond donors (Lipinski definition) is 2. The lowest BCUT2D eigenvalue weighted by Gasteiger charge is -2.13. The van der Waals surface area contributed by atoms with E-state index in [1.54, 1.807) is 12.1 Å². The molecule has 0 saturated heterocycles. The number of hydrogen-bond acceptors (Lipinski definition) is 6. The first kappa shape index (κ1) is 19.2. The summed E-state index contributed by atoms with van der Waals surface area (Å²) >= 11 is 7.68. The van der Waals surface area contributed by atoms with Crippen LogP contribution >= 0.6 is 22.9 Å². The second-order valence-corrected chi connectivity index (χ2v) is 7.32. The zero-order valence-corrected chi connectivity index (χ0v) is 16.3. The number of amides is 1. The Morgan fingerprint density at radius 3 is 2.56 bits per heavy atom. The number of ether oxygens (including phenoxy) is 1. The van der Waals surface area contributed by atoms with E-state index in [9.17, 15) is 9.59 Å². The molecule has 2 N–H and O–H groups in total. The summed E-state index contributed by atoms with van der Waals surface area (Å²) in [6.07, 6.45) is 0. The van der Waals surface area contributed by atoms with E-state index >= 15 is 0 Å². The summed E-state index contributed by atoms with van der Waals surface area (Å²) in [6.45, 7) is 7.21. The van der Waals surface area contributed by atoms with Crippen LogP contribution in [-0.4, -0.2) is 29.8 Å². The first-order chi connectivity index (χ1) is 11.7. The van der Waals surface area contributed by atoms with Crippen LogP contribution in [0.1, 0.15) is 46.5 Å². The summed E-state index contributed by atoms with van der Waals surface area (Å²) < 4.78 is 5.16. The number of methoxy groups -OCH3 is 1. The predicted octanol–water partition coefficient (Wildman–Crippen LogP) is 4.39. The average Bonchev–Trinajstić information content (AvgIpc) is 2.88. The molecule has 0 radical (unpaired) electrons. The molecular formula is C17H20ClN3O3S. The second kappa shape index (κ2) is 7.84. The van der Waals surface area contributed by atoms with Crippen LogP contribution in [0.4, 0.5) is 10.8 Å². The molecular weight excluding hydrogens is 362 g/mol. The molecule has 2 aromatic rings. The number of benzene rings is 1. The fourth-order valence-corrected chi connectivity index (χ4v) is 3.46. The number of Topliss-reactive ketones (excluding diaryl/α,β-unsaturated/α-hetero) is 1. The van der Waals surface area contributed by atoms with Crippen molar-refractivity contribution in [3.8, 4) is 5.75 Å². The number of halogens is 1. The molecule has 0 aliphatic heterocycles. The maximum absolute atomic E-state index is 12.7. The van der Waals surface area contributed by atoms with Gasteiger partial charge in [-0.3, -0.25) is 9.59 Å². The van der Waals surface area contributed by atoms with Crippen molar-refractivity contribution in [2.24, 2.45) is 0 Å². The Kier molecular flexibility index (Phi) is 6.02. The lowest BCUT2D eigenvalue weighted by molar-refractivity contribution is 0.101. The van der Waals surface area contributed by atoms with Gasteiger partial charge < -0.3 is 15.4 Å². The second-order valence-electron chi connectivity index (χ2n) is 5.74. The van der Waals surface area contributed by atoms with Crippen molar-refractivity contribution in [3.63, 3.8) is 0 Å². The number of anilines is 2. The van der Waals surface area contributed by atoms with Crippen molar-refractivity contribution in [1.82, 2.24) is 4.98 Å². The molecule has 0 bridgehead atoms. The van der Waals surface area contributed by atoms with Crippen LogP contribution in [0.3, 0.4) is 0 Å². The SMILES string of the molecule is COc1ccc(C(C)=O)c(NC(=O)c2nc(NC(C)C)sc2C)c1Cl. The summed E-state index contributed by atoms with van der Waals surface area (Å²) in [6, 6.07) is 3.37. The van der Waals surface area contributed by atoms with Gasteiger partial charge in [-0.15, -0.1) is 11.3 Å². The van der Waals surface area contributed by atoms with Gasteiger partial charge in [0.2, 0.25) is 0 Å². The fraction of sp³-hybridized carbons (Fsp3) is 0.353. The molecule has 0 aliphatic carbocycles. The molecule has 6 nitrogen and oxygen atoms in total. The van der Waals surface area contributed by atoms with Crippen LogP contribution in [0.2, 0.25) is 5.02 Å². The van der Waals surface area contributed by atoms with E-state index < -0.39 is 5.91 Å². The molecule has 8 heteroatoms. The molecule has 0 unspecified atom stereocenters. The Bertz CT molecular complexity index is 818. The average molecular weight is 382 g/mol. The molecule has 1 aromatic carbocycles. The smallest absolute Gasteiger partial charge is 0.275 e. The largest absolute Gasteiger partial charge is 0.495 e. The number of ketones is 1. The Balaban J connectivity index is 2.38. The van der Waals surface area contributed by atoms with Crippen molar-refractivity contribution < 1.29 is 14.3 Å². The van der Waals surface area contributed by atoms with E-state index in [2.05, 4.69) is 15.6 Å². The van der Waals surface area contributed by atoms with E-state index in [4.69, 9.17) is 16.3 Å². The molecule has 25 heavy (non-hydrogen) atoms. The Morgan fingerprint density at radius 1 is 1.32 bits per heavy atom. The highest BCUT2D eigenvalue weighted by molar-refractivity contribution is 7.15. The topological polar surface area (TPSA) is 80.3 Å². The number of thiazole rings is 1. The predicted molar refractivity (Wildman–Crippen MR) is 102 cm³/mol. The first-order valence-corrected chi connectivity index (χ1v) is 8.86. The van der Waals surface area contributed by atoms with Gasteiger partial charge in [0, 0.05) is 16.5 Å². The third kappa shape index (κ3) is 4.29. The van der Waals surface area contributed by atoms with Crippen LogP contribution in [0, 0.1) is 6.92 Å². The summed E-state index contributed by atoms with van der Waals surface area (Å²) in [5, 5.41) is 6.72. The van der Waals surface area contributed by atoms with Crippen LogP contribution in [0.15, 0.2) is 12.1 Å². The van der Waals surface area contributed by atoms with Crippen molar-refractivity contribution in [2.75, 3.05) is 17.7 Å². The van der Waals surface area contributed by atoms with E-state index in [1.807, 2.05) is 20.8 Å². The minimum Gasteiger partial charge on any atom is -0.495 e. The summed E-state index contributed by atoms with van der Waals surface area (Å²) in [5.74, 6) is -0.264. The zero-order chi connectivity index (χ0) is 18.7. The number of nitrogens with one attached hydrogen (secondary N) is 2. The fourth-order valence-electron chi connectivity index (χ4n) is 2.22. The molecule has 134 valence electrons. The van der Waals surface area contributed by atoms with Gasteiger partial charge in [0.25, 0.3) is 5.91 Å². The first-order valence-electron chi connectivity index (χ1n) is 7.67. The van der Waals surface area contributed by atoms with Crippen LogP contribution in [0.5, 0.6) is 5.75 Å². The van der Waals surface area contributed by atoms with Crippen molar-refractivity contribution in [1.29, 1.82) is 0 Å². The van der Waals surface area contributed by atoms with Gasteiger partial charge in [0.05, 0.1) is 12.8 Å². The highest BCUT2D eigenvalue weighted by Crippen LogP contribution is 2.36. The van der Waals surface area contributed by atoms with Gasteiger partial charge in [-0.2, -0.15) is 0 Å². The van der Waals surface area contributed by atoms with E-state index in [0.29, 0.717) is 22.1 Å². The van der Waals surface area contributed by atoms with E-state index in [-0.39, 0.29) is 22.5 Å². The van der Waals surface area contributed by atoms with Crippen LogP contribution in [-0.2, 0) is 0 Å². The van der Waals surface area contributed by atoms with Crippen molar-refractivity contribution in [3.05, 3.63) is 33.3 Å². The number of nitrogens with zero attached hydrogens (tertiary/aromatic N) is 1. The maximum Gasteiger partial charge on any atom is 0.275 e. The molecule has 2 rings (SSSR count). The normalized spacial score (nSPS) is 10.7. The molecule has 1 aromatic heterocycles.